The van der Waals surface area contributed by atoms with Gasteiger partial charge >= 0.3 is 6.61 Å². The Bertz CT molecular complexity index is 732. The summed E-state index contributed by atoms with van der Waals surface area (Å²) in [5, 5.41) is 2.86. The van der Waals surface area contributed by atoms with E-state index in [1.54, 1.807) is 31.2 Å². The summed E-state index contributed by atoms with van der Waals surface area (Å²) in [6, 6.07) is 7.05. The molecule has 128 valence electrons. The maximum Gasteiger partial charge on any atom is 0.387 e. The Morgan fingerprint density at radius 2 is 1.79 bits per heavy atom. The number of halogens is 5. The van der Waals surface area contributed by atoms with E-state index in [0.717, 1.165) is 0 Å². The zero-order chi connectivity index (χ0) is 17.9. The van der Waals surface area contributed by atoms with Crippen LogP contribution in [-0.4, -0.2) is 12.5 Å². The second-order valence-electron chi connectivity index (χ2n) is 4.89. The first-order valence-electron chi connectivity index (χ1n) is 6.78. The van der Waals surface area contributed by atoms with Gasteiger partial charge in [0.2, 0.25) is 0 Å². The summed E-state index contributed by atoms with van der Waals surface area (Å²) in [4.78, 5) is 12.1. The van der Waals surface area contributed by atoms with Crippen molar-refractivity contribution in [2.75, 3.05) is 0 Å². The highest BCUT2D eigenvalue weighted by atomic mass is 35.5. The molecule has 2 aromatic carbocycles. The molecule has 2 rings (SSSR count). The summed E-state index contributed by atoms with van der Waals surface area (Å²) in [5.41, 5.74) is -0.250. The number of alkyl halides is 2. The number of hydrogen-bond donors (Lipinski definition) is 1. The van der Waals surface area contributed by atoms with E-state index in [4.69, 9.17) is 11.6 Å². The van der Waals surface area contributed by atoms with Crippen LogP contribution in [0, 0.1) is 11.6 Å². The van der Waals surface area contributed by atoms with Crippen LogP contribution >= 0.6 is 11.6 Å². The van der Waals surface area contributed by atoms with Gasteiger partial charge in [-0.2, -0.15) is 8.78 Å². The van der Waals surface area contributed by atoms with Crippen molar-refractivity contribution in [1.29, 1.82) is 0 Å². The minimum Gasteiger partial charge on any atom is -0.435 e. The number of benzene rings is 2. The summed E-state index contributed by atoms with van der Waals surface area (Å²) in [6.45, 7) is -1.63. The Morgan fingerprint density at radius 1 is 1.17 bits per heavy atom. The number of rotatable bonds is 5. The van der Waals surface area contributed by atoms with Crippen LogP contribution in [0.25, 0.3) is 0 Å². The Labute approximate surface area is 140 Å². The molecule has 1 unspecified atom stereocenters. The van der Waals surface area contributed by atoms with Crippen molar-refractivity contribution in [2.24, 2.45) is 0 Å². The quantitative estimate of drug-likeness (QED) is 0.783. The third-order valence-corrected chi connectivity index (χ3v) is 3.40. The Morgan fingerprint density at radius 3 is 2.33 bits per heavy atom. The third-order valence-electron chi connectivity index (χ3n) is 3.16. The van der Waals surface area contributed by atoms with Crippen molar-refractivity contribution in [2.45, 2.75) is 19.6 Å². The average molecular weight is 362 g/mol. The zero-order valence-electron chi connectivity index (χ0n) is 12.3. The largest absolute Gasteiger partial charge is 0.435 e. The van der Waals surface area contributed by atoms with Crippen molar-refractivity contribution in [3.8, 4) is 5.75 Å². The van der Waals surface area contributed by atoms with Gasteiger partial charge in [0.25, 0.3) is 5.91 Å². The second kappa shape index (κ2) is 7.53. The predicted molar refractivity (Wildman–Crippen MR) is 80.3 cm³/mol. The van der Waals surface area contributed by atoms with Crippen molar-refractivity contribution in [1.82, 2.24) is 5.32 Å². The van der Waals surface area contributed by atoms with Gasteiger partial charge in [-0.15, -0.1) is 0 Å². The molecule has 1 N–H and O–H groups in total. The van der Waals surface area contributed by atoms with Crippen LogP contribution in [0.4, 0.5) is 17.6 Å². The van der Waals surface area contributed by atoms with Crippen LogP contribution in [0.15, 0.2) is 36.4 Å². The number of nitrogens with one attached hydrogen (secondary N) is 1. The van der Waals surface area contributed by atoms with Crippen molar-refractivity contribution in [3.05, 3.63) is 64.2 Å². The summed E-state index contributed by atoms with van der Waals surface area (Å²) in [7, 11) is 0. The first-order valence-corrected chi connectivity index (χ1v) is 7.16. The molecule has 0 radical (unpaired) electrons. The van der Waals surface area contributed by atoms with E-state index in [1.165, 1.54) is 0 Å². The van der Waals surface area contributed by atoms with E-state index >= 15 is 0 Å². The van der Waals surface area contributed by atoms with Crippen LogP contribution in [0.2, 0.25) is 5.02 Å². The van der Waals surface area contributed by atoms with E-state index in [0.29, 0.717) is 22.7 Å². The van der Waals surface area contributed by atoms with Gasteiger partial charge in [0.15, 0.2) is 0 Å². The summed E-state index contributed by atoms with van der Waals surface area (Å²) in [5.74, 6) is -4.34. The van der Waals surface area contributed by atoms with Crippen LogP contribution in [0.5, 0.6) is 5.75 Å². The van der Waals surface area contributed by atoms with Crippen LogP contribution in [0.1, 0.15) is 28.9 Å². The SMILES string of the molecule is CC(NC(=O)c1c(F)cc(OC(F)F)cc1F)c1cccc(Cl)c1. The number of hydrogen-bond acceptors (Lipinski definition) is 2. The van der Waals surface area contributed by atoms with Gasteiger partial charge in [-0.25, -0.2) is 8.78 Å². The first kappa shape index (κ1) is 18.1. The molecule has 0 aliphatic heterocycles. The lowest BCUT2D eigenvalue weighted by atomic mass is 10.1. The lowest BCUT2D eigenvalue weighted by Crippen LogP contribution is -2.28. The highest BCUT2D eigenvalue weighted by Gasteiger charge is 2.22. The van der Waals surface area contributed by atoms with E-state index in [9.17, 15) is 22.4 Å². The summed E-state index contributed by atoms with van der Waals surface area (Å²) >= 11 is 5.84. The second-order valence-corrected chi connectivity index (χ2v) is 5.33. The molecule has 0 aromatic heterocycles. The Balaban J connectivity index is 2.20. The molecule has 1 atom stereocenters. The van der Waals surface area contributed by atoms with E-state index in [2.05, 4.69) is 10.1 Å². The molecule has 2 aromatic rings. The molecule has 0 heterocycles. The fourth-order valence-electron chi connectivity index (χ4n) is 2.07. The van der Waals surface area contributed by atoms with Gasteiger partial charge < -0.3 is 10.1 Å². The van der Waals surface area contributed by atoms with E-state index < -0.39 is 41.5 Å². The highest BCUT2D eigenvalue weighted by Crippen LogP contribution is 2.23. The minimum absolute atomic E-state index is 0.444. The standard InChI is InChI=1S/C16H12ClF4NO2/c1-8(9-3-2-4-10(17)5-9)22-15(23)14-12(18)6-11(7-13(14)19)24-16(20)21/h2-8,16H,1H3,(H,22,23). The predicted octanol–water partition coefficient (Wildman–Crippen LogP) is 4.71. The Hall–Kier alpha value is -2.28. The van der Waals surface area contributed by atoms with Gasteiger partial charge in [0.1, 0.15) is 22.9 Å². The van der Waals surface area contributed by atoms with Gasteiger partial charge in [0.05, 0.1) is 6.04 Å². The molecule has 0 saturated heterocycles. The molecule has 1 amide bonds. The van der Waals surface area contributed by atoms with Crippen molar-refractivity contribution >= 4 is 17.5 Å². The van der Waals surface area contributed by atoms with Gasteiger partial charge in [-0.05, 0) is 24.6 Å². The summed E-state index contributed by atoms with van der Waals surface area (Å²) < 4.78 is 55.8. The fourth-order valence-corrected chi connectivity index (χ4v) is 2.26. The zero-order valence-corrected chi connectivity index (χ0v) is 13.1. The molecular formula is C16H12ClF4NO2. The van der Waals surface area contributed by atoms with Crippen molar-refractivity contribution < 1.29 is 27.1 Å². The van der Waals surface area contributed by atoms with Crippen molar-refractivity contribution in [3.63, 3.8) is 0 Å². The molecule has 0 fully saturated rings. The number of carbonyl (C=O) groups excluding carboxylic acids is 1. The van der Waals surface area contributed by atoms with Gasteiger partial charge in [0, 0.05) is 17.2 Å². The molecule has 0 bridgehead atoms. The number of amides is 1. The molecule has 0 saturated carbocycles. The maximum absolute atomic E-state index is 13.9. The van der Waals surface area contributed by atoms with Crippen LogP contribution in [-0.2, 0) is 0 Å². The molecular weight excluding hydrogens is 350 g/mol. The number of ether oxygens (including phenoxy) is 1. The topological polar surface area (TPSA) is 38.3 Å². The monoisotopic (exact) mass is 361 g/mol. The summed E-state index contributed by atoms with van der Waals surface area (Å²) in [6.07, 6.45) is 0. The maximum atomic E-state index is 13.9. The van der Waals surface area contributed by atoms with Crippen LogP contribution < -0.4 is 10.1 Å². The molecule has 3 nitrogen and oxygen atoms in total. The molecule has 0 spiro atoms. The van der Waals surface area contributed by atoms with Crippen LogP contribution in [0.3, 0.4) is 0 Å². The average Bonchev–Trinajstić information content (AvgIpc) is 2.45. The first-order chi connectivity index (χ1) is 11.3. The highest BCUT2D eigenvalue weighted by molar-refractivity contribution is 6.30. The molecule has 0 aliphatic carbocycles. The molecule has 8 heteroatoms. The number of carbonyl (C=O) groups is 1. The molecule has 0 aliphatic rings. The van der Waals surface area contributed by atoms with Gasteiger partial charge in [-0.3, -0.25) is 4.79 Å². The lowest BCUT2D eigenvalue weighted by Gasteiger charge is -2.16. The Kier molecular flexibility index (Phi) is 5.66. The minimum atomic E-state index is -3.23. The fraction of sp³-hybridized carbons (Fsp3) is 0.188. The van der Waals surface area contributed by atoms with E-state index in [-0.39, 0.29) is 0 Å². The van der Waals surface area contributed by atoms with Gasteiger partial charge in [-0.1, -0.05) is 23.7 Å². The lowest BCUT2D eigenvalue weighted by molar-refractivity contribution is -0.0501. The molecule has 24 heavy (non-hydrogen) atoms. The third kappa shape index (κ3) is 4.38. The van der Waals surface area contributed by atoms with E-state index in [1.807, 2.05) is 0 Å². The smallest absolute Gasteiger partial charge is 0.387 e. The normalized spacial score (nSPS) is 12.1.